The Morgan fingerprint density at radius 3 is 2.26 bits per heavy atom. The molecule has 1 aliphatic heterocycles. The number of nitrogens with one attached hydrogen (secondary N) is 1. The monoisotopic (exact) mass is 372 g/mol. The van der Waals surface area contributed by atoms with Gasteiger partial charge in [0.25, 0.3) is 5.91 Å². The molecular formula is C19H21FN4O3. The molecular weight excluding hydrogens is 351 g/mol. The third-order valence-corrected chi connectivity index (χ3v) is 4.50. The lowest BCUT2D eigenvalue weighted by Crippen LogP contribution is -2.50. The molecule has 1 N–H and O–H groups in total. The van der Waals surface area contributed by atoms with E-state index in [0.29, 0.717) is 37.6 Å². The van der Waals surface area contributed by atoms with Crippen molar-refractivity contribution in [2.24, 2.45) is 0 Å². The smallest absolute Gasteiger partial charge is 0.270 e. The molecule has 0 atom stereocenters. The van der Waals surface area contributed by atoms with Crippen LogP contribution in [0, 0.1) is 5.82 Å². The van der Waals surface area contributed by atoms with Gasteiger partial charge in [-0.25, -0.2) is 4.39 Å². The first-order chi connectivity index (χ1) is 12.9. The highest BCUT2D eigenvalue weighted by molar-refractivity contribution is 5.95. The number of aromatic nitrogens is 1. The van der Waals surface area contributed by atoms with Crippen LogP contribution in [0.1, 0.15) is 17.4 Å². The quantitative estimate of drug-likeness (QED) is 0.885. The first-order valence-corrected chi connectivity index (χ1v) is 8.69. The number of halogens is 1. The zero-order valence-electron chi connectivity index (χ0n) is 15.0. The van der Waals surface area contributed by atoms with Crippen molar-refractivity contribution in [3.05, 3.63) is 54.1 Å². The van der Waals surface area contributed by atoms with E-state index in [0.717, 1.165) is 0 Å². The van der Waals surface area contributed by atoms with E-state index < -0.39 is 0 Å². The Bertz CT molecular complexity index is 839. The topological polar surface area (TPSA) is 74.7 Å². The largest absolute Gasteiger partial charge is 0.339 e. The lowest BCUT2D eigenvalue weighted by molar-refractivity contribution is -0.130. The van der Waals surface area contributed by atoms with Crippen molar-refractivity contribution < 1.29 is 18.8 Å². The second kappa shape index (κ2) is 8.03. The highest BCUT2D eigenvalue weighted by Crippen LogP contribution is 2.12. The van der Waals surface area contributed by atoms with Crippen molar-refractivity contribution in [2.45, 2.75) is 13.5 Å². The molecule has 2 aromatic rings. The van der Waals surface area contributed by atoms with Crippen LogP contribution in [0.15, 0.2) is 42.6 Å². The fourth-order valence-electron chi connectivity index (χ4n) is 3.02. The van der Waals surface area contributed by atoms with Crippen molar-refractivity contribution in [3.8, 4) is 0 Å². The third-order valence-electron chi connectivity index (χ3n) is 4.50. The van der Waals surface area contributed by atoms with Crippen LogP contribution in [0.25, 0.3) is 0 Å². The normalized spacial score (nSPS) is 14.1. The molecule has 8 heteroatoms. The van der Waals surface area contributed by atoms with Crippen molar-refractivity contribution in [1.29, 1.82) is 0 Å². The molecule has 1 aromatic heterocycles. The molecule has 142 valence electrons. The lowest BCUT2D eigenvalue weighted by Gasteiger charge is -2.34. The number of carbonyl (C=O) groups is 3. The summed E-state index contributed by atoms with van der Waals surface area (Å²) in [6.45, 7) is 3.43. The van der Waals surface area contributed by atoms with Crippen LogP contribution in [0.2, 0.25) is 0 Å². The highest BCUT2D eigenvalue weighted by atomic mass is 19.1. The minimum absolute atomic E-state index is 0.00272. The van der Waals surface area contributed by atoms with Gasteiger partial charge in [-0.3, -0.25) is 14.4 Å². The molecule has 1 aromatic carbocycles. The number of anilines is 1. The van der Waals surface area contributed by atoms with Gasteiger partial charge in [0, 0.05) is 45.0 Å². The van der Waals surface area contributed by atoms with Gasteiger partial charge in [0.05, 0.1) is 0 Å². The van der Waals surface area contributed by atoms with Crippen LogP contribution in [-0.4, -0.2) is 58.3 Å². The SMILES string of the molecule is CC(=O)N1CCN(C(=O)c2cccn2CC(=O)Nc2ccc(F)cc2)CC1. The Morgan fingerprint density at radius 2 is 1.63 bits per heavy atom. The van der Waals surface area contributed by atoms with Crippen molar-refractivity contribution in [2.75, 3.05) is 31.5 Å². The molecule has 0 radical (unpaired) electrons. The summed E-state index contributed by atoms with van der Waals surface area (Å²) >= 11 is 0. The Balaban J connectivity index is 1.61. The number of amides is 3. The van der Waals surface area contributed by atoms with Crippen LogP contribution in [0.3, 0.4) is 0 Å². The van der Waals surface area contributed by atoms with E-state index in [9.17, 15) is 18.8 Å². The van der Waals surface area contributed by atoms with Crippen LogP contribution < -0.4 is 5.32 Å². The molecule has 3 rings (SSSR count). The average molecular weight is 372 g/mol. The third kappa shape index (κ3) is 4.52. The summed E-state index contributed by atoms with van der Waals surface area (Å²) in [4.78, 5) is 39.8. The van der Waals surface area contributed by atoms with Crippen LogP contribution in [0.5, 0.6) is 0 Å². The summed E-state index contributed by atoms with van der Waals surface area (Å²) in [5.74, 6) is -0.856. The Morgan fingerprint density at radius 1 is 1.00 bits per heavy atom. The lowest BCUT2D eigenvalue weighted by atomic mass is 10.2. The zero-order chi connectivity index (χ0) is 19.4. The zero-order valence-corrected chi connectivity index (χ0v) is 15.0. The minimum atomic E-state index is -0.379. The van der Waals surface area contributed by atoms with Gasteiger partial charge < -0.3 is 19.7 Å². The van der Waals surface area contributed by atoms with Gasteiger partial charge in [0.15, 0.2) is 0 Å². The first-order valence-electron chi connectivity index (χ1n) is 8.69. The van der Waals surface area contributed by atoms with Gasteiger partial charge in [-0.2, -0.15) is 0 Å². The molecule has 27 heavy (non-hydrogen) atoms. The molecule has 0 saturated carbocycles. The fraction of sp³-hybridized carbons (Fsp3) is 0.316. The summed E-state index contributed by atoms with van der Waals surface area (Å²) in [5.41, 5.74) is 0.905. The number of carbonyl (C=O) groups excluding carboxylic acids is 3. The maximum Gasteiger partial charge on any atom is 0.270 e. The molecule has 1 aliphatic rings. The first kappa shape index (κ1) is 18.6. The van der Waals surface area contributed by atoms with Crippen LogP contribution in [0.4, 0.5) is 10.1 Å². The van der Waals surface area contributed by atoms with E-state index in [-0.39, 0.29) is 30.1 Å². The Labute approximate surface area is 156 Å². The van der Waals surface area contributed by atoms with E-state index in [4.69, 9.17) is 0 Å². The minimum Gasteiger partial charge on any atom is -0.339 e. The van der Waals surface area contributed by atoms with Crippen LogP contribution in [-0.2, 0) is 16.1 Å². The molecule has 1 fully saturated rings. The number of rotatable bonds is 4. The van der Waals surface area contributed by atoms with Gasteiger partial charge in [-0.15, -0.1) is 0 Å². The van der Waals surface area contributed by atoms with Gasteiger partial charge in [0.1, 0.15) is 18.1 Å². The number of piperazine rings is 1. The molecule has 0 unspecified atom stereocenters. The van der Waals surface area contributed by atoms with Gasteiger partial charge in [-0.05, 0) is 36.4 Å². The van der Waals surface area contributed by atoms with E-state index in [2.05, 4.69) is 5.32 Å². The van der Waals surface area contributed by atoms with Crippen molar-refractivity contribution in [1.82, 2.24) is 14.4 Å². The number of hydrogen-bond donors (Lipinski definition) is 1. The van der Waals surface area contributed by atoms with Crippen LogP contribution >= 0.6 is 0 Å². The fourth-order valence-corrected chi connectivity index (χ4v) is 3.02. The van der Waals surface area contributed by atoms with Gasteiger partial charge in [0.2, 0.25) is 11.8 Å². The summed E-state index contributed by atoms with van der Waals surface area (Å²) < 4.78 is 14.5. The molecule has 0 aliphatic carbocycles. The molecule has 1 saturated heterocycles. The summed E-state index contributed by atoms with van der Waals surface area (Å²) in [6, 6.07) is 8.86. The molecule has 0 spiro atoms. The predicted molar refractivity (Wildman–Crippen MR) is 97.6 cm³/mol. The molecule has 3 amide bonds. The second-order valence-electron chi connectivity index (χ2n) is 6.37. The van der Waals surface area contributed by atoms with Gasteiger partial charge in [-0.1, -0.05) is 0 Å². The average Bonchev–Trinajstić information content (AvgIpc) is 3.11. The number of hydrogen-bond acceptors (Lipinski definition) is 3. The van der Waals surface area contributed by atoms with E-state index in [1.165, 1.54) is 31.2 Å². The number of benzene rings is 1. The summed E-state index contributed by atoms with van der Waals surface area (Å²) in [7, 11) is 0. The number of nitrogens with zero attached hydrogens (tertiary/aromatic N) is 3. The Kier molecular flexibility index (Phi) is 5.54. The van der Waals surface area contributed by atoms with E-state index in [1.54, 1.807) is 32.7 Å². The molecule has 7 nitrogen and oxygen atoms in total. The predicted octanol–water partition coefficient (Wildman–Crippen LogP) is 1.57. The van der Waals surface area contributed by atoms with Crippen molar-refractivity contribution >= 4 is 23.4 Å². The maximum absolute atomic E-state index is 12.9. The highest BCUT2D eigenvalue weighted by Gasteiger charge is 2.25. The molecule has 0 bridgehead atoms. The summed E-state index contributed by atoms with van der Waals surface area (Å²) in [6.07, 6.45) is 1.67. The molecule has 2 heterocycles. The maximum atomic E-state index is 12.9. The van der Waals surface area contributed by atoms with Crippen molar-refractivity contribution in [3.63, 3.8) is 0 Å². The second-order valence-corrected chi connectivity index (χ2v) is 6.37. The Hall–Kier alpha value is -3.16. The van der Waals surface area contributed by atoms with E-state index >= 15 is 0 Å². The van der Waals surface area contributed by atoms with E-state index in [1.807, 2.05) is 0 Å². The standard InChI is InChI=1S/C19H21FN4O3/c1-14(25)22-9-11-23(12-10-22)19(27)17-3-2-8-24(17)13-18(26)21-16-6-4-15(20)5-7-16/h2-8H,9-13H2,1H3,(H,21,26). The van der Waals surface area contributed by atoms with Gasteiger partial charge >= 0.3 is 0 Å². The summed E-state index contributed by atoms with van der Waals surface area (Å²) in [5, 5.41) is 2.68.